The highest BCUT2D eigenvalue weighted by atomic mass is 16.5. The monoisotopic (exact) mass is 264 g/mol. The maximum absolute atomic E-state index is 11.6. The Hall–Kier alpha value is -1.97. The molecule has 0 amide bonds. The molecule has 0 aromatic heterocycles. The number of phenols is 1. The predicted octanol–water partition coefficient (Wildman–Crippen LogP) is 2.84. The summed E-state index contributed by atoms with van der Waals surface area (Å²) in [5.74, 6) is 0.115. The van der Waals surface area contributed by atoms with Crippen molar-refractivity contribution in [2.45, 2.75) is 26.2 Å². The van der Waals surface area contributed by atoms with E-state index in [2.05, 4.69) is 6.92 Å². The molecular weight excluding hydrogens is 244 g/mol. The van der Waals surface area contributed by atoms with E-state index in [4.69, 9.17) is 9.47 Å². The molecule has 0 aliphatic heterocycles. The first-order valence-corrected chi connectivity index (χ1v) is 6.33. The van der Waals surface area contributed by atoms with E-state index in [1.165, 1.54) is 13.2 Å². The summed E-state index contributed by atoms with van der Waals surface area (Å²) >= 11 is 0. The molecular formula is C15H20O4. The van der Waals surface area contributed by atoms with Crippen molar-refractivity contribution in [3.05, 3.63) is 35.9 Å². The van der Waals surface area contributed by atoms with Crippen molar-refractivity contribution >= 4 is 5.97 Å². The number of methoxy groups -OCH3 is 1. The lowest BCUT2D eigenvalue weighted by Gasteiger charge is -2.06. The number of unbranched alkanes of at least 4 members (excludes halogenated alkanes) is 1. The van der Waals surface area contributed by atoms with Crippen LogP contribution in [0.3, 0.4) is 0 Å². The number of phenolic OH excluding ortho intramolecular Hbond substituents is 1. The van der Waals surface area contributed by atoms with Gasteiger partial charge in [0.15, 0.2) is 11.5 Å². The maximum atomic E-state index is 11.6. The standard InChI is InChI=1S/C15H20O4/c1-3-4-5-6-9-19-15(17)11-12-7-8-13(16)14(10-12)18-2/h5-8,10,16H,3-4,9,11H2,1-2H3/b6-5+. The van der Waals surface area contributed by atoms with Crippen molar-refractivity contribution in [2.24, 2.45) is 0 Å². The first-order chi connectivity index (χ1) is 9.17. The fourth-order valence-corrected chi connectivity index (χ4v) is 1.54. The van der Waals surface area contributed by atoms with Gasteiger partial charge in [0, 0.05) is 0 Å². The molecule has 0 saturated heterocycles. The zero-order valence-corrected chi connectivity index (χ0v) is 11.4. The quantitative estimate of drug-likeness (QED) is 0.607. The first kappa shape index (κ1) is 15.1. The molecule has 1 aromatic rings. The minimum Gasteiger partial charge on any atom is -0.504 e. The van der Waals surface area contributed by atoms with E-state index >= 15 is 0 Å². The second-order valence-corrected chi connectivity index (χ2v) is 4.13. The van der Waals surface area contributed by atoms with E-state index in [0.717, 1.165) is 18.4 Å². The van der Waals surface area contributed by atoms with Gasteiger partial charge in [-0.1, -0.05) is 31.6 Å². The van der Waals surface area contributed by atoms with Gasteiger partial charge in [0.1, 0.15) is 6.61 Å². The van der Waals surface area contributed by atoms with Gasteiger partial charge in [-0.15, -0.1) is 0 Å². The van der Waals surface area contributed by atoms with Gasteiger partial charge in [0.25, 0.3) is 0 Å². The molecule has 4 heteroatoms. The van der Waals surface area contributed by atoms with Crippen LogP contribution in [0.5, 0.6) is 11.5 Å². The molecule has 1 N–H and O–H groups in total. The lowest BCUT2D eigenvalue weighted by atomic mass is 10.1. The van der Waals surface area contributed by atoms with Crippen LogP contribution in [0.25, 0.3) is 0 Å². The third kappa shape index (κ3) is 5.46. The van der Waals surface area contributed by atoms with Gasteiger partial charge in [-0.2, -0.15) is 0 Å². The van der Waals surface area contributed by atoms with E-state index in [-0.39, 0.29) is 18.1 Å². The molecule has 1 rings (SSSR count). The Balaban J connectivity index is 2.44. The molecule has 0 aliphatic carbocycles. The lowest BCUT2D eigenvalue weighted by molar-refractivity contribution is -0.141. The summed E-state index contributed by atoms with van der Waals surface area (Å²) in [6.45, 7) is 2.39. The van der Waals surface area contributed by atoms with Crippen LogP contribution in [0.4, 0.5) is 0 Å². The van der Waals surface area contributed by atoms with Crippen molar-refractivity contribution in [1.82, 2.24) is 0 Å². The summed E-state index contributed by atoms with van der Waals surface area (Å²) in [6, 6.07) is 4.80. The molecule has 0 heterocycles. The molecule has 0 spiro atoms. The van der Waals surface area contributed by atoms with Crippen molar-refractivity contribution in [2.75, 3.05) is 13.7 Å². The lowest BCUT2D eigenvalue weighted by Crippen LogP contribution is -2.08. The molecule has 104 valence electrons. The van der Waals surface area contributed by atoms with Crippen LogP contribution in [-0.2, 0) is 16.0 Å². The summed E-state index contributed by atoms with van der Waals surface area (Å²) in [6.07, 6.45) is 6.08. The number of ether oxygens (including phenoxy) is 2. The topological polar surface area (TPSA) is 55.8 Å². The normalized spacial score (nSPS) is 10.6. The second-order valence-electron chi connectivity index (χ2n) is 4.13. The molecule has 0 aliphatic rings. The number of allylic oxidation sites excluding steroid dienone is 1. The van der Waals surface area contributed by atoms with Gasteiger partial charge in [0.2, 0.25) is 0 Å². The second kappa shape index (κ2) is 8.19. The fraction of sp³-hybridized carbons (Fsp3) is 0.400. The molecule has 1 aromatic carbocycles. The van der Waals surface area contributed by atoms with Gasteiger partial charge >= 0.3 is 5.97 Å². The Morgan fingerprint density at radius 3 is 2.84 bits per heavy atom. The number of esters is 1. The minimum absolute atomic E-state index is 0.0575. The van der Waals surface area contributed by atoms with Gasteiger partial charge < -0.3 is 14.6 Å². The molecule has 0 radical (unpaired) electrons. The Morgan fingerprint density at radius 2 is 2.16 bits per heavy atom. The van der Waals surface area contributed by atoms with Crippen molar-refractivity contribution in [1.29, 1.82) is 0 Å². The molecule has 19 heavy (non-hydrogen) atoms. The SMILES string of the molecule is CCC/C=C/COC(=O)Cc1ccc(O)c(OC)c1. The summed E-state index contributed by atoms with van der Waals surface area (Å²) in [4.78, 5) is 11.6. The minimum atomic E-state index is -0.297. The van der Waals surface area contributed by atoms with E-state index in [9.17, 15) is 9.90 Å². The van der Waals surface area contributed by atoms with E-state index in [0.29, 0.717) is 12.4 Å². The smallest absolute Gasteiger partial charge is 0.310 e. The number of carbonyl (C=O) groups excluding carboxylic acids is 1. The van der Waals surface area contributed by atoms with E-state index < -0.39 is 0 Å². The van der Waals surface area contributed by atoms with Crippen LogP contribution in [0.2, 0.25) is 0 Å². The Labute approximate surface area is 113 Å². The zero-order valence-electron chi connectivity index (χ0n) is 11.4. The first-order valence-electron chi connectivity index (χ1n) is 6.33. The highest BCUT2D eigenvalue weighted by Crippen LogP contribution is 2.26. The number of benzene rings is 1. The van der Waals surface area contributed by atoms with E-state index in [1.807, 2.05) is 12.2 Å². The van der Waals surface area contributed by atoms with Gasteiger partial charge in [0.05, 0.1) is 13.5 Å². The Morgan fingerprint density at radius 1 is 1.37 bits per heavy atom. The van der Waals surface area contributed by atoms with Crippen LogP contribution in [0.1, 0.15) is 25.3 Å². The summed E-state index contributed by atoms with van der Waals surface area (Å²) in [7, 11) is 1.47. The number of hydrogen-bond acceptors (Lipinski definition) is 4. The van der Waals surface area contributed by atoms with Gasteiger partial charge in [-0.05, 0) is 24.1 Å². The molecule has 0 fully saturated rings. The summed E-state index contributed by atoms with van der Waals surface area (Å²) in [5, 5.41) is 9.44. The van der Waals surface area contributed by atoms with Gasteiger partial charge in [-0.25, -0.2) is 0 Å². The van der Waals surface area contributed by atoms with E-state index in [1.54, 1.807) is 12.1 Å². The third-order valence-corrected chi connectivity index (χ3v) is 2.56. The van der Waals surface area contributed by atoms with Gasteiger partial charge in [-0.3, -0.25) is 4.79 Å². The average molecular weight is 264 g/mol. The Kier molecular flexibility index (Phi) is 6.50. The zero-order chi connectivity index (χ0) is 14.1. The largest absolute Gasteiger partial charge is 0.504 e. The average Bonchev–Trinajstić information content (AvgIpc) is 2.40. The van der Waals surface area contributed by atoms with Crippen LogP contribution < -0.4 is 4.74 Å². The summed E-state index contributed by atoms with van der Waals surface area (Å²) < 4.78 is 10.0. The number of carbonyl (C=O) groups is 1. The molecule has 4 nitrogen and oxygen atoms in total. The van der Waals surface area contributed by atoms with Crippen LogP contribution in [0.15, 0.2) is 30.4 Å². The third-order valence-electron chi connectivity index (χ3n) is 2.56. The van der Waals surface area contributed by atoms with Crippen molar-refractivity contribution in [3.63, 3.8) is 0 Å². The molecule has 0 unspecified atom stereocenters. The maximum Gasteiger partial charge on any atom is 0.310 e. The molecule has 0 atom stereocenters. The highest BCUT2D eigenvalue weighted by Gasteiger charge is 2.07. The van der Waals surface area contributed by atoms with Crippen molar-refractivity contribution < 1.29 is 19.4 Å². The molecule has 0 saturated carbocycles. The fourth-order valence-electron chi connectivity index (χ4n) is 1.54. The Bertz CT molecular complexity index is 438. The number of hydrogen-bond donors (Lipinski definition) is 1. The molecule has 0 bridgehead atoms. The van der Waals surface area contributed by atoms with Crippen LogP contribution >= 0.6 is 0 Å². The number of aromatic hydroxyl groups is 1. The predicted molar refractivity (Wildman–Crippen MR) is 73.4 cm³/mol. The summed E-state index contributed by atoms with van der Waals surface area (Å²) in [5.41, 5.74) is 0.747. The van der Waals surface area contributed by atoms with Crippen LogP contribution in [-0.4, -0.2) is 24.8 Å². The number of rotatable bonds is 7. The highest BCUT2D eigenvalue weighted by molar-refractivity contribution is 5.73. The van der Waals surface area contributed by atoms with Crippen LogP contribution in [0, 0.1) is 0 Å². The van der Waals surface area contributed by atoms with Crippen molar-refractivity contribution in [3.8, 4) is 11.5 Å².